The summed E-state index contributed by atoms with van der Waals surface area (Å²) in [6.07, 6.45) is 4.76. The average molecular weight is 289 g/mol. The summed E-state index contributed by atoms with van der Waals surface area (Å²) in [5.74, 6) is -0.301. The molecule has 0 saturated heterocycles. The molecule has 0 aliphatic heterocycles. The van der Waals surface area contributed by atoms with Crippen LogP contribution < -0.4 is 16.0 Å². The van der Waals surface area contributed by atoms with Gasteiger partial charge in [0.25, 0.3) is 0 Å². The van der Waals surface area contributed by atoms with Crippen LogP contribution in [0.1, 0.15) is 31.2 Å². The molecule has 1 fully saturated rings. The van der Waals surface area contributed by atoms with E-state index in [2.05, 4.69) is 16.0 Å². The maximum absolute atomic E-state index is 11.6. The van der Waals surface area contributed by atoms with E-state index in [4.69, 9.17) is 0 Å². The zero-order valence-electron chi connectivity index (χ0n) is 12.2. The van der Waals surface area contributed by atoms with Crippen LogP contribution in [-0.4, -0.2) is 30.9 Å². The first kappa shape index (κ1) is 15.5. The number of nitrogens with one attached hydrogen (secondary N) is 3. The monoisotopic (exact) mass is 289 g/mol. The number of hydrogen-bond acceptors (Lipinski definition) is 3. The van der Waals surface area contributed by atoms with Crippen molar-refractivity contribution in [3.63, 3.8) is 0 Å². The van der Waals surface area contributed by atoms with Crippen LogP contribution in [0.25, 0.3) is 0 Å². The molecular weight excluding hydrogens is 266 g/mol. The molecular formula is C16H23N3O2. The molecule has 21 heavy (non-hydrogen) atoms. The molecule has 1 aromatic carbocycles. The maximum Gasteiger partial charge on any atom is 0.239 e. The summed E-state index contributed by atoms with van der Waals surface area (Å²) in [6.45, 7) is 0.796. The van der Waals surface area contributed by atoms with Crippen molar-refractivity contribution >= 4 is 11.8 Å². The molecule has 3 N–H and O–H groups in total. The highest BCUT2D eigenvalue weighted by atomic mass is 16.2. The van der Waals surface area contributed by atoms with Crippen molar-refractivity contribution in [2.24, 2.45) is 0 Å². The Kier molecular flexibility index (Phi) is 6.22. The Morgan fingerprint density at radius 1 is 0.952 bits per heavy atom. The number of benzene rings is 1. The highest BCUT2D eigenvalue weighted by Crippen LogP contribution is 2.17. The predicted molar refractivity (Wildman–Crippen MR) is 81.6 cm³/mol. The van der Waals surface area contributed by atoms with Crippen molar-refractivity contribution in [1.82, 2.24) is 16.0 Å². The van der Waals surface area contributed by atoms with Crippen molar-refractivity contribution in [3.8, 4) is 0 Å². The number of amides is 2. The molecule has 0 heterocycles. The van der Waals surface area contributed by atoms with Crippen LogP contribution in [0.5, 0.6) is 0 Å². The smallest absolute Gasteiger partial charge is 0.239 e. The summed E-state index contributed by atoms with van der Waals surface area (Å²) < 4.78 is 0. The van der Waals surface area contributed by atoms with Gasteiger partial charge in [-0.3, -0.25) is 9.59 Å². The summed E-state index contributed by atoms with van der Waals surface area (Å²) >= 11 is 0. The van der Waals surface area contributed by atoms with Gasteiger partial charge >= 0.3 is 0 Å². The molecule has 1 aromatic rings. The minimum absolute atomic E-state index is 0.0258. The molecule has 1 aliphatic rings. The zero-order valence-corrected chi connectivity index (χ0v) is 12.2. The van der Waals surface area contributed by atoms with Gasteiger partial charge in [-0.15, -0.1) is 0 Å². The second-order valence-corrected chi connectivity index (χ2v) is 5.40. The van der Waals surface area contributed by atoms with E-state index in [9.17, 15) is 9.59 Å². The third kappa shape index (κ3) is 5.95. The van der Waals surface area contributed by atoms with Crippen LogP contribution in [0.3, 0.4) is 0 Å². The SMILES string of the molecule is O=C(CNC(=O)CNC1CCCC1)NCc1ccccc1. The fourth-order valence-corrected chi connectivity index (χ4v) is 2.47. The Morgan fingerprint density at radius 2 is 1.62 bits per heavy atom. The Bertz CT molecular complexity index is 456. The lowest BCUT2D eigenvalue weighted by molar-refractivity contribution is -0.125. The normalized spacial score (nSPS) is 14.9. The second-order valence-electron chi connectivity index (χ2n) is 5.40. The minimum Gasteiger partial charge on any atom is -0.350 e. The van der Waals surface area contributed by atoms with Crippen molar-refractivity contribution < 1.29 is 9.59 Å². The first-order valence-corrected chi connectivity index (χ1v) is 7.55. The van der Waals surface area contributed by atoms with Gasteiger partial charge in [-0.2, -0.15) is 0 Å². The summed E-state index contributed by atoms with van der Waals surface area (Å²) in [4.78, 5) is 23.3. The van der Waals surface area contributed by atoms with Crippen molar-refractivity contribution in [2.45, 2.75) is 38.3 Å². The van der Waals surface area contributed by atoms with Crippen molar-refractivity contribution in [1.29, 1.82) is 0 Å². The fourth-order valence-electron chi connectivity index (χ4n) is 2.47. The molecule has 0 spiro atoms. The molecule has 114 valence electrons. The molecule has 2 rings (SSSR count). The van der Waals surface area contributed by atoms with Gasteiger partial charge in [0, 0.05) is 12.6 Å². The van der Waals surface area contributed by atoms with E-state index in [0.717, 1.165) is 18.4 Å². The third-order valence-electron chi connectivity index (χ3n) is 3.69. The number of hydrogen-bond donors (Lipinski definition) is 3. The van der Waals surface area contributed by atoms with Crippen LogP contribution in [0.15, 0.2) is 30.3 Å². The minimum atomic E-state index is -0.173. The molecule has 5 heteroatoms. The van der Waals surface area contributed by atoms with Gasteiger partial charge in [0.1, 0.15) is 0 Å². The molecule has 0 radical (unpaired) electrons. The number of carbonyl (C=O) groups excluding carboxylic acids is 2. The van der Waals surface area contributed by atoms with Gasteiger partial charge in [0.15, 0.2) is 0 Å². The van der Waals surface area contributed by atoms with E-state index in [1.54, 1.807) is 0 Å². The Labute approximate surface area is 125 Å². The summed E-state index contributed by atoms with van der Waals surface area (Å²) in [7, 11) is 0. The third-order valence-corrected chi connectivity index (χ3v) is 3.69. The number of rotatable bonds is 7. The van der Waals surface area contributed by atoms with Crippen LogP contribution in [0, 0.1) is 0 Å². The van der Waals surface area contributed by atoms with Crippen LogP contribution in [0.2, 0.25) is 0 Å². The molecule has 0 aromatic heterocycles. The van der Waals surface area contributed by atoms with Gasteiger partial charge in [0.2, 0.25) is 11.8 Å². The van der Waals surface area contributed by atoms with Crippen molar-refractivity contribution in [3.05, 3.63) is 35.9 Å². The standard InChI is InChI=1S/C16H23N3O2/c20-15(11-17-14-8-4-5-9-14)19-12-16(21)18-10-13-6-2-1-3-7-13/h1-3,6-7,14,17H,4-5,8-12H2,(H,18,21)(H,19,20). The molecule has 5 nitrogen and oxygen atoms in total. The van der Waals surface area contributed by atoms with E-state index in [-0.39, 0.29) is 24.9 Å². The van der Waals surface area contributed by atoms with Crippen molar-refractivity contribution in [2.75, 3.05) is 13.1 Å². The van der Waals surface area contributed by atoms with Gasteiger partial charge in [-0.05, 0) is 18.4 Å². The fraction of sp³-hybridized carbons (Fsp3) is 0.500. The Morgan fingerprint density at radius 3 is 2.33 bits per heavy atom. The van der Waals surface area contributed by atoms with Gasteiger partial charge in [-0.1, -0.05) is 43.2 Å². The second kappa shape index (κ2) is 8.42. The highest BCUT2D eigenvalue weighted by Gasteiger charge is 2.15. The Hall–Kier alpha value is -1.88. The van der Waals surface area contributed by atoms with Crippen LogP contribution >= 0.6 is 0 Å². The lowest BCUT2D eigenvalue weighted by Crippen LogP contribution is -2.42. The lowest BCUT2D eigenvalue weighted by atomic mass is 10.2. The first-order valence-electron chi connectivity index (χ1n) is 7.55. The molecule has 1 saturated carbocycles. The van der Waals surface area contributed by atoms with E-state index in [1.807, 2.05) is 30.3 Å². The molecule has 1 aliphatic carbocycles. The van der Waals surface area contributed by atoms with Gasteiger partial charge < -0.3 is 16.0 Å². The van der Waals surface area contributed by atoms with Crippen LogP contribution in [-0.2, 0) is 16.1 Å². The zero-order chi connectivity index (χ0) is 14.9. The molecule has 0 bridgehead atoms. The van der Waals surface area contributed by atoms with E-state index < -0.39 is 0 Å². The average Bonchev–Trinajstić information content (AvgIpc) is 3.03. The molecule has 0 unspecified atom stereocenters. The Balaban J connectivity index is 1.56. The topological polar surface area (TPSA) is 70.2 Å². The highest BCUT2D eigenvalue weighted by molar-refractivity contribution is 5.85. The number of carbonyl (C=O) groups is 2. The summed E-state index contributed by atoms with van der Waals surface area (Å²) in [5.41, 5.74) is 1.04. The summed E-state index contributed by atoms with van der Waals surface area (Å²) in [6, 6.07) is 10.1. The summed E-state index contributed by atoms with van der Waals surface area (Å²) in [5, 5.41) is 8.63. The lowest BCUT2D eigenvalue weighted by Gasteiger charge is -2.11. The van der Waals surface area contributed by atoms with E-state index in [0.29, 0.717) is 12.6 Å². The van der Waals surface area contributed by atoms with Gasteiger partial charge in [-0.25, -0.2) is 0 Å². The van der Waals surface area contributed by atoms with Crippen LogP contribution in [0.4, 0.5) is 0 Å². The molecule has 2 amide bonds. The quantitative estimate of drug-likeness (QED) is 0.700. The first-order chi connectivity index (χ1) is 10.2. The van der Waals surface area contributed by atoms with E-state index in [1.165, 1.54) is 12.8 Å². The molecule has 0 atom stereocenters. The predicted octanol–water partition coefficient (Wildman–Crippen LogP) is 0.951. The van der Waals surface area contributed by atoms with Gasteiger partial charge in [0.05, 0.1) is 13.1 Å². The maximum atomic E-state index is 11.6. The van der Waals surface area contributed by atoms with E-state index >= 15 is 0 Å². The largest absolute Gasteiger partial charge is 0.350 e.